The Morgan fingerprint density at radius 3 is 3.09 bits per heavy atom. The van der Waals surface area contributed by atoms with Crippen molar-refractivity contribution >= 4 is 22.8 Å². The standard InChI is InChI=1S/C16H20N4O2/c1-11(22-2)17-10-15(21)20-9-5-8-14(20)16-18-12-6-3-4-7-13(12)19-16/h3-4,6-7,14H,5,8-10H2,1-2H3,(H,18,19). The van der Waals surface area contributed by atoms with Crippen molar-refractivity contribution in [2.45, 2.75) is 25.8 Å². The minimum atomic E-state index is 0.0120. The second-order valence-corrected chi connectivity index (χ2v) is 5.42. The first-order chi connectivity index (χ1) is 10.7. The third-order valence-corrected chi connectivity index (χ3v) is 4.03. The number of para-hydroxylation sites is 2. The number of hydrogen-bond donors (Lipinski definition) is 1. The number of nitrogens with one attached hydrogen (secondary N) is 1. The lowest BCUT2D eigenvalue weighted by molar-refractivity contribution is -0.130. The summed E-state index contributed by atoms with van der Waals surface area (Å²) in [5.41, 5.74) is 1.94. The van der Waals surface area contributed by atoms with E-state index in [1.54, 1.807) is 14.0 Å². The monoisotopic (exact) mass is 300 g/mol. The molecule has 1 aromatic carbocycles. The Hall–Kier alpha value is -2.37. The quantitative estimate of drug-likeness (QED) is 0.698. The number of fused-ring (bicyclic) bond motifs is 1. The number of imidazole rings is 1. The van der Waals surface area contributed by atoms with Crippen molar-refractivity contribution in [3.8, 4) is 0 Å². The molecule has 3 rings (SSSR count). The van der Waals surface area contributed by atoms with Crippen molar-refractivity contribution in [1.82, 2.24) is 14.9 Å². The lowest BCUT2D eigenvalue weighted by Gasteiger charge is -2.22. The normalized spacial score (nSPS) is 18.9. The molecule has 1 fully saturated rings. The van der Waals surface area contributed by atoms with Crippen molar-refractivity contribution in [3.05, 3.63) is 30.1 Å². The summed E-state index contributed by atoms with van der Waals surface area (Å²) in [5.74, 6) is 1.40. The zero-order chi connectivity index (χ0) is 15.5. The van der Waals surface area contributed by atoms with Crippen LogP contribution in [0.25, 0.3) is 11.0 Å². The Balaban J connectivity index is 1.79. The molecule has 2 aromatic rings. The molecule has 0 radical (unpaired) electrons. The number of aromatic amines is 1. The van der Waals surface area contributed by atoms with Crippen LogP contribution >= 0.6 is 0 Å². The maximum atomic E-state index is 12.4. The summed E-state index contributed by atoms with van der Waals surface area (Å²) in [5, 5.41) is 0. The second-order valence-electron chi connectivity index (χ2n) is 5.42. The molecule has 0 saturated carbocycles. The van der Waals surface area contributed by atoms with Gasteiger partial charge in [-0.1, -0.05) is 12.1 Å². The van der Waals surface area contributed by atoms with Gasteiger partial charge >= 0.3 is 0 Å². The molecule has 0 bridgehead atoms. The molecular weight excluding hydrogens is 280 g/mol. The van der Waals surface area contributed by atoms with E-state index in [9.17, 15) is 4.79 Å². The first kappa shape index (κ1) is 14.6. The van der Waals surface area contributed by atoms with E-state index in [2.05, 4.69) is 15.0 Å². The zero-order valence-electron chi connectivity index (χ0n) is 12.9. The third kappa shape index (κ3) is 2.81. The highest BCUT2D eigenvalue weighted by Gasteiger charge is 2.31. The summed E-state index contributed by atoms with van der Waals surface area (Å²) in [6.45, 7) is 2.62. The molecule has 6 nitrogen and oxygen atoms in total. The zero-order valence-corrected chi connectivity index (χ0v) is 12.9. The second kappa shape index (κ2) is 6.17. The van der Waals surface area contributed by atoms with E-state index in [0.29, 0.717) is 5.90 Å². The predicted molar refractivity (Wildman–Crippen MR) is 84.8 cm³/mol. The molecule has 0 aliphatic carbocycles. The van der Waals surface area contributed by atoms with Crippen molar-refractivity contribution in [3.63, 3.8) is 0 Å². The molecule has 1 aliphatic heterocycles. The highest BCUT2D eigenvalue weighted by Crippen LogP contribution is 2.31. The fraction of sp³-hybridized carbons (Fsp3) is 0.438. The molecule has 1 aromatic heterocycles. The Kier molecular flexibility index (Phi) is 4.09. The number of hydrogen-bond acceptors (Lipinski definition) is 4. The van der Waals surface area contributed by atoms with Crippen molar-refractivity contribution < 1.29 is 9.53 Å². The van der Waals surface area contributed by atoms with Crippen LogP contribution in [0, 0.1) is 0 Å². The number of likely N-dealkylation sites (tertiary alicyclic amines) is 1. The highest BCUT2D eigenvalue weighted by atomic mass is 16.5. The molecule has 6 heteroatoms. The van der Waals surface area contributed by atoms with Crippen molar-refractivity contribution in [2.24, 2.45) is 4.99 Å². The average molecular weight is 300 g/mol. The van der Waals surface area contributed by atoms with Gasteiger partial charge in [0.2, 0.25) is 5.91 Å². The molecule has 1 aliphatic rings. The van der Waals surface area contributed by atoms with Gasteiger partial charge in [-0.3, -0.25) is 4.79 Å². The molecular formula is C16H20N4O2. The average Bonchev–Trinajstić information content (AvgIpc) is 3.17. The topological polar surface area (TPSA) is 70.6 Å². The number of aliphatic imine (C=N–C) groups is 1. The van der Waals surface area contributed by atoms with E-state index in [0.717, 1.165) is 36.2 Å². The van der Waals surface area contributed by atoms with Gasteiger partial charge in [0, 0.05) is 13.5 Å². The number of amides is 1. The molecule has 1 atom stereocenters. The van der Waals surface area contributed by atoms with Gasteiger partial charge in [0.25, 0.3) is 0 Å². The fourth-order valence-corrected chi connectivity index (χ4v) is 2.81. The van der Waals surface area contributed by atoms with Gasteiger partial charge in [0.15, 0.2) is 5.90 Å². The number of rotatable bonds is 3. The molecule has 1 amide bonds. The summed E-state index contributed by atoms with van der Waals surface area (Å²) in [4.78, 5) is 26.3. The van der Waals surface area contributed by atoms with E-state index in [1.807, 2.05) is 29.2 Å². The number of ether oxygens (including phenoxy) is 1. The highest BCUT2D eigenvalue weighted by molar-refractivity contribution is 5.83. The number of H-pyrrole nitrogens is 1. The molecule has 116 valence electrons. The van der Waals surface area contributed by atoms with E-state index in [-0.39, 0.29) is 18.5 Å². The van der Waals surface area contributed by atoms with E-state index < -0.39 is 0 Å². The first-order valence-corrected chi connectivity index (χ1v) is 7.48. The molecule has 22 heavy (non-hydrogen) atoms. The SMILES string of the molecule is COC(C)=NCC(=O)N1CCCC1c1nc2ccccc2[nH]1. The van der Waals surface area contributed by atoms with Crippen LogP contribution in [0.3, 0.4) is 0 Å². The number of carbonyl (C=O) groups is 1. The predicted octanol–water partition coefficient (Wildman–Crippen LogP) is 2.29. The van der Waals surface area contributed by atoms with Crippen LogP contribution in [0.2, 0.25) is 0 Å². The Bertz CT molecular complexity index is 674. The molecule has 1 N–H and O–H groups in total. The van der Waals surface area contributed by atoms with Crippen molar-refractivity contribution in [1.29, 1.82) is 0 Å². The first-order valence-electron chi connectivity index (χ1n) is 7.48. The van der Waals surface area contributed by atoms with Crippen LogP contribution in [0.15, 0.2) is 29.3 Å². The van der Waals surface area contributed by atoms with Crippen LogP contribution in [-0.2, 0) is 9.53 Å². The summed E-state index contributed by atoms with van der Waals surface area (Å²) >= 11 is 0. The van der Waals surface area contributed by atoms with Crippen molar-refractivity contribution in [2.75, 3.05) is 20.2 Å². The number of nitrogens with zero attached hydrogens (tertiary/aromatic N) is 3. The lowest BCUT2D eigenvalue weighted by Crippen LogP contribution is -2.33. The summed E-state index contributed by atoms with van der Waals surface area (Å²) < 4.78 is 4.98. The van der Waals surface area contributed by atoms with Crippen LogP contribution in [-0.4, -0.2) is 46.9 Å². The molecule has 1 unspecified atom stereocenters. The molecule has 0 spiro atoms. The van der Waals surface area contributed by atoms with E-state index >= 15 is 0 Å². The number of carbonyl (C=O) groups excluding carboxylic acids is 1. The minimum Gasteiger partial charge on any atom is -0.484 e. The summed E-state index contributed by atoms with van der Waals surface area (Å²) in [6.07, 6.45) is 1.92. The smallest absolute Gasteiger partial charge is 0.244 e. The Labute approximate surface area is 129 Å². The molecule has 1 saturated heterocycles. The molecule has 2 heterocycles. The Morgan fingerprint density at radius 1 is 1.50 bits per heavy atom. The maximum absolute atomic E-state index is 12.4. The Morgan fingerprint density at radius 2 is 2.32 bits per heavy atom. The number of aromatic nitrogens is 2. The maximum Gasteiger partial charge on any atom is 0.244 e. The van der Waals surface area contributed by atoms with Gasteiger partial charge in [-0.05, 0) is 25.0 Å². The van der Waals surface area contributed by atoms with Crippen LogP contribution in [0.5, 0.6) is 0 Å². The number of methoxy groups -OCH3 is 1. The van der Waals surface area contributed by atoms with Gasteiger partial charge in [-0.25, -0.2) is 9.98 Å². The van der Waals surface area contributed by atoms with Gasteiger partial charge in [-0.15, -0.1) is 0 Å². The fourth-order valence-electron chi connectivity index (χ4n) is 2.81. The van der Waals surface area contributed by atoms with Gasteiger partial charge < -0.3 is 14.6 Å². The van der Waals surface area contributed by atoms with Gasteiger partial charge in [0.1, 0.15) is 12.4 Å². The van der Waals surface area contributed by atoms with Gasteiger partial charge in [-0.2, -0.15) is 0 Å². The summed E-state index contributed by atoms with van der Waals surface area (Å²) in [6, 6.07) is 7.93. The summed E-state index contributed by atoms with van der Waals surface area (Å²) in [7, 11) is 1.55. The van der Waals surface area contributed by atoms with Crippen LogP contribution in [0.1, 0.15) is 31.6 Å². The van der Waals surface area contributed by atoms with E-state index in [4.69, 9.17) is 4.74 Å². The third-order valence-electron chi connectivity index (χ3n) is 4.03. The number of benzene rings is 1. The van der Waals surface area contributed by atoms with E-state index in [1.165, 1.54) is 0 Å². The lowest BCUT2D eigenvalue weighted by atomic mass is 10.2. The largest absolute Gasteiger partial charge is 0.484 e. The van der Waals surface area contributed by atoms with Gasteiger partial charge in [0.05, 0.1) is 24.2 Å². The van der Waals surface area contributed by atoms with Crippen LogP contribution in [0.4, 0.5) is 0 Å². The van der Waals surface area contributed by atoms with Crippen LogP contribution < -0.4 is 0 Å². The minimum absolute atomic E-state index is 0.0120.